The van der Waals surface area contributed by atoms with Gasteiger partial charge in [0.15, 0.2) is 4.34 Å². The number of carbonyl (C=O) groups is 1. The molecule has 0 aliphatic heterocycles. The molecule has 7 heteroatoms. The Morgan fingerprint density at radius 3 is 2.79 bits per heavy atom. The molecule has 0 atom stereocenters. The molecule has 0 bridgehead atoms. The zero-order chi connectivity index (χ0) is 17.4. The summed E-state index contributed by atoms with van der Waals surface area (Å²) >= 11 is 2.93. The van der Waals surface area contributed by atoms with Gasteiger partial charge in [0.05, 0.1) is 5.75 Å². The maximum Gasteiger partial charge on any atom is 0.233 e. The molecule has 1 heterocycles. The zero-order valence-corrected chi connectivity index (χ0v) is 16.0. The van der Waals surface area contributed by atoms with Gasteiger partial charge in [0.2, 0.25) is 11.0 Å². The van der Waals surface area contributed by atoms with Crippen LogP contribution in [-0.4, -0.2) is 39.8 Å². The summed E-state index contributed by atoms with van der Waals surface area (Å²) < 4.78 is 0.811. The van der Waals surface area contributed by atoms with Crippen LogP contribution in [0.25, 0.3) is 0 Å². The maximum absolute atomic E-state index is 12.2. The molecule has 0 saturated heterocycles. The number of amides is 1. The molecule has 5 nitrogen and oxygen atoms in total. The SMILES string of the molecule is CCCCN(CC)C(=O)CSc1nnc(Nc2ccccc2C)s1. The smallest absolute Gasteiger partial charge is 0.233 e. The molecule has 0 spiro atoms. The minimum absolute atomic E-state index is 0.166. The first-order chi connectivity index (χ1) is 11.6. The number of nitrogens with one attached hydrogen (secondary N) is 1. The highest BCUT2D eigenvalue weighted by molar-refractivity contribution is 8.01. The zero-order valence-electron chi connectivity index (χ0n) is 14.4. The lowest BCUT2D eigenvalue weighted by Gasteiger charge is -2.19. The Kier molecular flexibility index (Phi) is 7.52. The highest BCUT2D eigenvalue weighted by Gasteiger charge is 2.13. The quantitative estimate of drug-likeness (QED) is 0.671. The van der Waals surface area contributed by atoms with E-state index < -0.39 is 0 Å². The number of para-hydroxylation sites is 1. The standard InChI is InChI=1S/C17H24N4OS2/c1-4-6-11-21(5-2)15(22)12-23-17-20-19-16(24-17)18-14-10-8-7-9-13(14)3/h7-10H,4-6,11-12H2,1-3H3,(H,18,19). The molecule has 1 N–H and O–H groups in total. The second-order valence-corrected chi connectivity index (χ2v) is 7.63. The van der Waals surface area contributed by atoms with Gasteiger partial charge in [-0.15, -0.1) is 10.2 Å². The first-order valence-corrected chi connectivity index (χ1v) is 10.0. The van der Waals surface area contributed by atoms with Crippen molar-refractivity contribution in [2.24, 2.45) is 0 Å². The highest BCUT2D eigenvalue weighted by Crippen LogP contribution is 2.28. The van der Waals surface area contributed by atoms with E-state index in [1.165, 1.54) is 23.1 Å². The molecule has 1 amide bonds. The lowest BCUT2D eigenvalue weighted by Crippen LogP contribution is -2.33. The average Bonchev–Trinajstić information content (AvgIpc) is 3.03. The number of aromatic nitrogens is 2. The van der Waals surface area contributed by atoms with Crippen LogP contribution in [0.3, 0.4) is 0 Å². The van der Waals surface area contributed by atoms with Gasteiger partial charge in [0, 0.05) is 18.8 Å². The monoisotopic (exact) mass is 364 g/mol. The average molecular weight is 365 g/mol. The normalized spacial score (nSPS) is 10.6. The summed E-state index contributed by atoms with van der Waals surface area (Å²) in [7, 11) is 0. The minimum Gasteiger partial charge on any atom is -0.342 e. The van der Waals surface area contributed by atoms with Gasteiger partial charge in [-0.3, -0.25) is 4.79 Å². The van der Waals surface area contributed by atoms with Crippen LogP contribution >= 0.6 is 23.1 Å². The number of unbranched alkanes of at least 4 members (excludes halogenated alkanes) is 1. The van der Waals surface area contributed by atoms with Crippen molar-refractivity contribution >= 4 is 39.8 Å². The number of aryl methyl sites for hydroxylation is 1. The van der Waals surface area contributed by atoms with E-state index in [-0.39, 0.29) is 5.91 Å². The summed E-state index contributed by atoms with van der Waals surface area (Å²) in [6.07, 6.45) is 2.15. The van der Waals surface area contributed by atoms with Crippen molar-refractivity contribution in [3.05, 3.63) is 29.8 Å². The first-order valence-electron chi connectivity index (χ1n) is 8.20. The first kappa shape index (κ1) is 18.7. The highest BCUT2D eigenvalue weighted by atomic mass is 32.2. The molecule has 0 radical (unpaired) electrons. The Hall–Kier alpha value is -1.60. The molecule has 2 aromatic rings. The number of nitrogens with zero attached hydrogens (tertiary/aromatic N) is 3. The van der Waals surface area contributed by atoms with E-state index in [0.717, 1.165) is 46.7 Å². The van der Waals surface area contributed by atoms with Gasteiger partial charge in [-0.2, -0.15) is 0 Å². The van der Waals surface area contributed by atoms with E-state index in [4.69, 9.17) is 0 Å². The maximum atomic E-state index is 12.2. The van der Waals surface area contributed by atoms with Crippen LogP contribution in [0.4, 0.5) is 10.8 Å². The van der Waals surface area contributed by atoms with Crippen LogP contribution in [0.2, 0.25) is 0 Å². The van der Waals surface area contributed by atoms with E-state index in [0.29, 0.717) is 5.75 Å². The Morgan fingerprint density at radius 1 is 1.29 bits per heavy atom. The number of thioether (sulfide) groups is 1. The van der Waals surface area contributed by atoms with Gasteiger partial charge >= 0.3 is 0 Å². The van der Waals surface area contributed by atoms with Crippen LogP contribution in [-0.2, 0) is 4.79 Å². The van der Waals surface area contributed by atoms with Crippen molar-refractivity contribution in [2.75, 3.05) is 24.2 Å². The van der Waals surface area contributed by atoms with Crippen LogP contribution in [0.1, 0.15) is 32.3 Å². The number of rotatable bonds is 9. The summed E-state index contributed by atoms with van der Waals surface area (Å²) in [5.74, 6) is 0.580. The Morgan fingerprint density at radius 2 is 2.08 bits per heavy atom. The fraction of sp³-hybridized carbons (Fsp3) is 0.471. The summed E-state index contributed by atoms with van der Waals surface area (Å²) in [6.45, 7) is 7.80. The summed E-state index contributed by atoms with van der Waals surface area (Å²) in [6, 6.07) is 8.05. The molecule has 130 valence electrons. The van der Waals surface area contributed by atoms with Crippen LogP contribution < -0.4 is 5.32 Å². The molecule has 0 unspecified atom stereocenters. The van der Waals surface area contributed by atoms with Crippen molar-refractivity contribution in [1.82, 2.24) is 15.1 Å². The fourth-order valence-electron chi connectivity index (χ4n) is 2.17. The molecule has 0 aliphatic rings. The Labute approximate surface area is 151 Å². The van der Waals surface area contributed by atoms with E-state index >= 15 is 0 Å². The predicted octanol–water partition coefficient (Wildman–Crippen LogP) is 4.33. The number of carbonyl (C=O) groups excluding carboxylic acids is 1. The lowest BCUT2D eigenvalue weighted by atomic mass is 10.2. The van der Waals surface area contributed by atoms with E-state index in [9.17, 15) is 4.79 Å². The number of anilines is 2. The van der Waals surface area contributed by atoms with Gasteiger partial charge < -0.3 is 10.2 Å². The van der Waals surface area contributed by atoms with E-state index in [1.807, 2.05) is 43.0 Å². The third-order valence-electron chi connectivity index (χ3n) is 3.63. The van der Waals surface area contributed by atoms with Crippen LogP contribution in [0.15, 0.2) is 28.6 Å². The van der Waals surface area contributed by atoms with Crippen molar-refractivity contribution in [1.29, 1.82) is 0 Å². The van der Waals surface area contributed by atoms with Crippen LogP contribution in [0, 0.1) is 6.92 Å². The van der Waals surface area contributed by atoms with Gasteiger partial charge in [-0.05, 0) is 31.9 Å². The topological polar surface area (TPSA) is 58.1 Å². The van der Waals surface area contributed by atoms with Gasteiger partial charge in [-0.25, -0.2) is 0 Å². The molecule has 0 saturated carbocycles. The van der Waals surface area contributed by atoms with Crippen molar-refractivity contribution in [3.63, 3.8) is 0 Å². The molecular weight excluding hydrogens is 340 g/mol. The molecule has 24 heavy (non-hydrogen) atoms. The predicted molar refractivity (Wildman–Crippen MR) is 102 cm³/mol. The Bertz CT molecular complexity index is 660. The number of hydrogen-bond donors (Lipinski definition) is 1. The van der Waals surface area contributed by atoms with Gasteiger partial charge in [-0.1, -0.05) is 54.6 Å². The Balaban J connectivity index is 1.87. The van der Waals surface area contributed by atoms with Crippen molar-refractivity contribution < 1.29 is 4.79 Å². The summed E-state index contributed by atoms with van der Waals surface area (Å²) in [5.41, 5.74) is 2.18. The van der Waals surface area contributed by atoms with Crippen molar-refractivity contribution in [2.45, 2.75) is 38.0 Å². The largest absolute Gasteiger partial charge is 0.342 e. The number of hydrogen-bond acceptors (Lipinski definition) is 6. The number of benzene rings is 1. The summed E-state index contributed by atoms with van der Waals surface area (Å²) in [5, 5.41) is 12.3. The molecule has 0 fully saturated rings. The third-order valence-corrected chi connectivity index (χ3v) is 5.59. The second-order valence-electron chi connectivity index (χ2n) is 5.43. The minimum atomic E-state index is 0.166. The molecule has 1 aromatic carbocycles. The lowest BCUT2D eigenvalue weighted by molar-refractivity contribution is -0.128. The second kappa shape index (κ2) is 9.64. The third kappa shape index (κ3) is 5.49. The van der Waals surface area contributed by atoms with Gasteiger partial charge in [0.25, 0.3) is 0 Å². The molecule has 0 aliphatic carbocycles. The van der Waals surface area contributed by atoms with Gasteiger partial charge in [0.1, 0.15) is 0 Å². The molecule has 1 aromatic heterocycles. The van der Waals surface area contributed by atoms with Crippen LogP contribution in [0.5, 0.6) is 0 Å². The summed E-state index contributed by atoms with van der Waals surface area (Å²) in [4.78, 5) is 14.1. The van der Waals surface area contributed by atoms with Crippen molar-refractivity contribution in [3.8, 4) is 0 Å². The van der Waals surface area contributed by atoms with E-state index in [1.54, 1.807) is 0 Å². The molecular formula is C17H24N4OS2. The fourth-order valence-corrected chi connectivity index (χ4v) is 3.84. The molecule has 2 rings (SSSR count). The van der Waals surface area contributed by atoms with E-state index in [2.05, 4.69) is 22.4 Å².